The van der Waals surface area contributed by atoms with Crippen molar-refractivity contribution in [3.8, 4) is 0 Å². The number of aliphatic hydroxyl groups is 1. The molecule has 0 aliphatic carbocycles. The van der Waals surface area contributed by atoms with E-state index in [0.29, 0.717) is 23.5 Å². The molecular weight excluding hydrogens is 360 g/mol. The lowest BCUT2D eigenvalue weighted by Gasteiger charge is -2.40. The van der Waals surface area contributed by atoms with Gasteiger partial charge in [-0.15, -0.1) is 0 Å². The van der Waals surface area contributed by atoms with Gasteiger partial charge in [0.15, 0.2) is 0 Å². The fourth-order valence-corrected chi connectivity index (χ4v) is 5.23. The summed E-state index contributed by atoms with van der Waals surface area (Å²) in [6.07, 6.45) is 0.591. The number of aliphatic hydroxyl groups excluding tert-OH is 1. The van der Waals surface area contributed by atoms with Gasteiger partial charge in [0.25, 0.3) is 11.8 Å². The Morgan fingerprint density at radius 1 is 1.32 bits per heavy atom. The summed E-state index contributed by atoms with van der Waals surface area (Å²) in [6.45, 7) is 0.431. The van der Waals surface area contributed by atoms with E-state index in [4.69, 9.17) is 9.73 Å². The molecule has 1 aromatic rings. The molecule has 1 spiro atoms. The summed E-state index contributed by atoms with van der Waals surface area (Å²) >= 11 is 0. The highest BCUT2D eigenvalue weighted by atomic mass is 16.5. The zero-order valence-electron chi connectivity index (χ0n) is 15.8. The van der Waals surface area contributed by atoms with Gasteiger partial charge in [0.1, 0.15) is 11.5 Å². The molecule has 2 N–H and O–H groups in total. The van der Waals surface area contributed by atoms with Crippen LogP contribution in [0.5, 0.6) is 0 Å². The third-order valence-electron chi connectivity index (χ3n) is 6.36. The lowest BCUT2D eigenvalue weighted by molar-refractivity contribution is -0.138. The molecule has 0 radical (unpaired) electrons. The Balaban J connectivity index is 1.68. The zero-order valence-corrected chi connectivity index (χ0v) is 15.8. The van der Waals surface area contributed by atoms with Gasteiger partial charge in [-0.1, -0.05) is 18.2 Å². The number of imide groups is 1. The van der Waals surface area contributed by atoms with Gasteiger partial charge in [-0.05, 0) is 18.1 Å². The minimum Gasteiger partial charge on any atom is -0.394 e. The molecule has 5 rings (SSSR count). The number of rotatable bonds is 4. The summed E-state index contributed by atoms with van der Waals surface area (Å²) in [7, 11) is 3.49. The lowest BCUT2D eigenvalue weighted by atomic mass is 9.68. The van der Waals surface area contributed by atoms with Crippen LogP contribution in [0.4, 0.5) is 5.69 Å². The van der Waals surface area contributed by atoms with Crippen LogP contribution in [0.1, 0.15) is 12.0 Å². The number of hydrogen-bond acceptors (Lipinski definition) is 7. The van der Waals surface area contributed by atoms with E-state index >= 15 is 0 Å². The van der Waals surface area contributed by atoms with Gasteiger partial charge in [-0.3, -0.25) is 19.5 Å². The molecule has 8 nitrogen and oxygen atoms in total. The average Bonchev–Trinajstić information content (AvgIpc) is 3.29. The molecule has 4 aliphatic heterocycles. The second kappa shape index (κ2) is 5.89. The first kappa shape index (κ1) is 17.4. The molecule has 0 saturated heterocycles. The van der Waals surface area contributed by atoms with Crippen LogP contribution >= 0.6 is 0 Å². The first-order valence-corrected chi connectivity index (χ1v) is 9.42. The number of hydrogen-bond donors (Lipinski definition) is 2. The maximum Gasteiger partial charge on any atom is 0.277 e. The van der Waals surface area contributed by atoms with Gasteiger partial charge in [-0.25, -0.2) is 0 Å². The molecule has 28 heavy (non-hydrogen) atoms. The highest BCUT2D eigenvalue weighted by Gasteiger charge is 2.64. The molecule has 0 aromatic heterocycles. The third-order valence-corrected chi connectivity index (χ3v) is 6.36. The van der Waals surface area contributed by atoms with Crippen molar-refractivity contribution in [3.63, 3.8) is 0 Å². The second-order valence-corrected chi connectivity index (χ2v) is 7.69. The maximum absolute atomic E-state index is 13.3. The largest absolute Gasteiger partial charge is 0.394 e. The predicted molar refractivity (Wildman–Crippen MR) is 102 cm³/mol. The van der Waals surface area contributed by atoms with Gasteiger partial charge in [0, 0.05) is 19.8 Å². The summed E-state index contributed by atoms with van der Waals surface area (Å²) < 4.78 is 5.07. The molecule has 4 aliphatic rings. The van der Waals surface area contributed by atoms with E-state index in [1.807, 2.05) is 25.2 Å². The fourth-order valence-electron chi connectivity index (χ4n) is 5.23. The number of nitrogens with zero attached hydrogens (tertiary/aromatic N) is 3. The summed E-state index contributed by atoms with van der Waals surface area (Å²) in [4.78, 5) is 34.2. The molecular formula is C20H22N4O4. The van der Waals surface area contributed by atoms with Crippen LogP contribution in [0, 0.1) is 0 Å². The van der Waals surface area contributed by atoms with E-state index in [2.05, 4.69) is 16.3 Å². The number of carbonyl (C=O) groups excluding carboxylic acids is 2. The standard InChI is InChI=1S/C20H22N4O4/c1-23-13-6-4-3-5-12(13)20-9-11(10-25)21-19(20)22-15-14(16(20)23)17(26)24(18(15)27)7-8-28-2/h3-6,11,16,25H,7-10H2,1-2H3,(H,21,22)/t11-,16?,20-/m0/s1. The van der Waals surface area contributed by atoms with E-state index in [1.54, 1.807) is 7.11 Å². The first-order chi connectivity index (χ1) is 13.5. The number of likely N-dealkylation sites (N-methyl/N-ethyl adjacent to an activating group) is 1. The van der Waals surface area contributed by atoms with Crippen LogP contribution in [0.25, 0.3) is 0 Å². The number of amidine groups is 1. The number of anilines is 1. The predicted octanol–water partition coefficient (Wildman–Crippen LogP) is -0.222. The van der Waals surface area contributed by atoms with E-state index in [-0.39, 0.29) is 43.7 Å². The Hall–Kier alpha value is -2.71. The Kier molecular flexibility index (Phi) is 3.66. The number of aliphatic imine (C=N–C) groups is 1. The van der Waals surface area contributed by atoms with Crippen molar-refractivity contribution in [2.75, 3.05) is 38.8 Å². The Morgan fingerprint density at radius 2 is 2.11 bits per heavy atom. The highest BCUT2D eigenvalue weighted by molar-refractivity contribution is 6.24. The van der Waals surface area contributed by atoms with Gasteiger partial charge < -0.3 is 20.1 Å². The third kappa shape index (κ3) is 1.94. The molecule has 1 aromatic carbocycles. The second-order valence-electron chi connectivity index (χ2n) is 7.69. The van der Waals surface area contributed by atoms with Crippen LogP contribution in [-0.4, -0.2) is 73.7 Å². The molecule has 0 saturated carbocycles. The highest BCUT2D eigenvalue weighted by Crippen LogP contribution is 2.55. The van der Waals surface area contributed by atoms with Crippen molar-refractivity contribution in [1.29, 1.82) is 0 Å². The Bertz CT molecular complexity index is 955. The van der Waals surface area contributed by atoms with E-state index in [0.717, 1.165) is 11.3 Å². The average molecular weight is 382 g/mol. The number of nitrogens with one attached hydrogen (secondary N) is 1. The monoisotopic (exact) mass is 382 g/mol. The Labute approximate surface area is 162 Å². The molecule has 3 atom stereocenters. The van der Waals surface area contributed by atoms with Gasteiger partial charge in [0.2, 0.25) is 0 Å². The molecule has 0 bridgehead atoms. The van der Waals surface area contributed by atoms with Crippen molar-refractivity contribution in [2.24, 2.45) is 4.99 Å². The van der Waals surface area contributed by atoms with Gasteiger partial charge in [-0.2, -0.15) is 0 Å². The number of fused-ring (bicyclic) bond motifs is 2. The van der Waals surface area contributed by atoms with Crippen LogP contribution in [0.3, 0.4) is 0 Å². The van der Waals surface area contributed by atoms with Crippen molar-refractivity contribution >= 4 is 23.3 Å². The summed E-state index contributed by atoms with van der Waals surface area (Å²) in [5.74, 6) is 0.0482. The van der Waals surface area contributed by atoms with E-state index < -0.39 is 5.41 Å². The van der Waals surface area contributed by atoms with Crippen LogP contribution in [0.2, 0.25) is 0 Å². The molecule has 2 amide bonds. The molecule has 1 unspecified atom stereocenters. The zero-order chi connectivity index (χ0) is 19.6. The number of benzene rings is 1. The molecule has 146 valence electrons. The summed E-state index contributed by atoms with van der Waals surface area (Å²) in [5, 5.41) is 13.0. The minimum atomic E-state index is -0.565. The number of amides is 2. The maximum atomic E-state index is 13.3. The number of methoxy groups -OCH3 is 1. The minimum absolute atomic E-state index is 0.0714. The van der Waals surface area contributed by atoms with Crippen LogP contribution in [-0.2, 0) is 19.7 Å². The molecule has 8 heteroatoms. The number of para-hydroxylation sites is 1. The van der Waals surface area contributed by atoms with Crippen molar-refractivity contribution in [3.05, 3.63) is 41.1 Å². The molecule has 0 fully saturated rings. The van der Waals surface area contributed by atoms with Crippen LogP contribution in [0.15, 0.2) is 40.5 Å². The van der Waals surface area contributed by atoms with Crippen molar-refractivity contribution in [1.82, 2.24) is 10.2 Å². The van der Waals surface area contributed by atoms with E-state index in [9.17, 15) is 14.7 Å². The topological polar surface area (TPSA) is 94.5 Å². The summed E-state index contributed by atoms with van der Waals surface area (Å²) in [5.41, 5.74) is 2.32. The number of ether oxygens (including phenoxy) is 1. The number of carbonyl (C=O) groups is 2. The lowest BCUT2D eigenvalue weighted by Crippen LogP contribution is -2.57. The normalized spacial score (nSPS) is 30.2. The van der Waals surface area contributed by atoms with Gasteiger partial charge >= 0.3 is 0 Å². The SMILES string of the molecule is COCCN1C(=O)C2=C(C1=O)C1N(C)c3ccccc3[C@@]13C[C@@H](CO)N=C3N2. The van der Waals surface area contributed by atoms with E-state index in [1.165, 1.54) is 4.90 Å². The fraction of sp³-hybridized carbons (Fsp3) is 0.450. The first-order valence-electron chi connectivity index (χ1n) is 9.42. The van der Waals surface area contributed by atoms with Crippen LogP contribution < -0.4 is 10.2 Å². The van der Waals surface area contributed by atoms with Gasteiger partial charge in [0.05, 0.1) is 42.8 Å². The quantitative estimate of drug-likeness (QED) is 0.699. The van der Waals surface area contributed by atoms with Crippen molar-refractivity contribution < 1.29 is 19.4 Å². The Morgan fingerprint density at radius 3 is 2.86 bits per heavy atom. The summed E-state index contributed by atoms with van der Waals surface area (Å²) in [6, 6.07) is 7.42. The molecule has 4 heterocycles. The van der Waals surface area contributed by atoms with Crippen molar-refractivity contribution in [2.45, 2.75) is 23.9 Å². The smallest absolute Gasteiger partial charge is 0.277 e.